The van der Waals surface area contributed by atoms with Gasteiger partial charge in [-0.2, -0.15) is 0 Å². The lowest BCUT2D eigenvalue weighted by Crippen LogP contribution is -2.29. The monoisotopic (exact) mass is 387 g/mol. The molecule has 0 aliphatic carbocycles. The molecule has 0 aliphatic heterocycles. The van der Waals surface area contributed by atoms with Crippen LogP contribution in [0.25, 0.3) is 6.08 Å². The minimum absolute atomic E-state index is 0.223. The molecule has 0 aromatic heterocycles. The van der Waals surface area contributed by atoms with Crippen molar-refractivity contribution >= 4 is 47.1 Å². The van der Waals surface area contributed by atoms with Gasteiger partial charge in [-0.05, 0) is 37.1 Å². The highest BCUT2D eigenvalue weighted by atomic mass is 35.5. The third-order valence-corrected chi connectivity index (χ3v) is 3.63. The van der Waals surface area contributed by atoms with Gasteiger partial charge >= 0.3 is 11.9 Å². The maximum atomic E-state index is 11.6. The van der Waals surface area contributed by atoms with Crippen LogP contribution in [0.4, 0.5) is 0 Å². The Labute approximate surface area is 156 Å². The van der Waals surface area contributed by atoms with Gasteiger partial charge in [0.1, 0.15) is 0 Å². The first kappa shape index (κ1) is 21.0. The zero-order valence-electron chi connectivity index (χ0n) is 13.7. The van der Waals surface area contributed by atoms with Gasteiger partial charge < -0.3 is 14.8 Å². The Bertz CT molecular complexity index is 646. The Balaban J connectivity index is 2.24. The summed E-state index contributed by atoms with van der Waals surface area (Å²) in [5.41, 5.74) is 0.676. The van der Waals surface area contributed by atoms with E-state index in [-0.39, 0.29) is 12.4 Å². The van der Waals surface area contributed by atoms with Gasteiger partial charge in [0, 0.05) is 19.0 Å². The lowest BCUT2D eigenvalue weighted by Gasteiger charge is -2.05. The molecule has 1 rings (SSSR count). The van der Waals surface area contributed by atoms with E-state index >= 15 is 0 Å². The van der Waals surface area contributed by atoms with E-state index < -0.39 is 18.5 Å². The SMILES string of the molecule is CCOC(=O)CCCNC(=O)COC(=O)/C=C/c1ccc(Cl)c(Cl)c1. The molecule has 1 N–H and O–H groups in total. The van der Waals surface area contributed by atoms with Crippen LogP contribution in [0.3, 0.4) is 0 Å². The van der Waals surface area contributed by atoms with E-state index in [2.05, 4.69) is 5.32 Å². The van der Waals surface area contributed by atoms with Crippen molar-refractivity contribution in [2.45, 2.75) is 19.8 Å². The van der Waals surface area contributed by atoms with Crippen molar-refractivity contribution in [3.8, 4) is 0 Å². The molecule has 0 saturated carbocycles. The quantitative estimate of drug-likeness (QED) is 0.400. The Morgan fingerprint density at radius 2 is 1.92 bits per heavy atom. The second-order valence-corrected chi connectivity index (χ2v) is 5.69. The van der Waals surface area contributed by atoms with Crippen LogP contribution in [0, 0.1) is 0 Å². The Morgan fingerprint density at radius 3 is 2.60 bits per heavy atom. The first-order valence-electron chi connectivity index (χ1n) is 7.64. The number of rotatable bonds is 9. The van der Waals surface area contributed by atoms with Gasteiger partial charge in [-0.1, -0.05) is 29.3 Å². The summed E-state index contributed by atoms with van der Waals surface area (Å²) in [6, 6.07) is 4.90. The number of hydrogen-bond acceptors (Lipinski definition) is 5. The van der Waals surface area contributed by atoms with Gasteiger partial charge in [-0.15, -0.1) is 0 Å². The molecule has 0 spiro atoms. The minimum Gasteiger partial charge on any atom is -0.466 e. The van der Waals surface area contributed by atoms with Gasteiger partial charge in [0.25, 0.3) is 5.91 Å². The summed E-state index contributed by atoms with van der Waals surface area (Å²) in [4.78, 5) is 34.2. The first-order chi connectivity index (χ1) is 11.9. The smallest absolute Gasteiger partial charge is 0.331 e. The van der Waals surface area contributed by atoms with E-state index in [4.69, 9.17) is 32.7 Å². The van der Waals surface area contributed by atoms with E-state index in [0.29, 0.717) is 35.2 Å². The van der Waals surface area contributed by atoms with Crippen molar-refractivity contribution in [3.05, 3.63) is 39.9 Å². The average molecular weight is 388 g/mol. The summed E-state index contributed by atoms with van der Waals surface area (Å²) in [5, 5.41) is 3.33. The molecule has 0 radical (unpaired) electrons. The molecule has 0 fully saturated rings. The molecule has 0 saturated heterocycles. The zero-order chi connectivity index (χ0) is 18.7. The molecule has 1 aromatic carbocycles. The predicted molar refractivity (Wildman–Crippen MR) is 95.3 cm³/mol. The van der Waals surface area contributed by atoms with E-state index in [1.54, 1.807) is 25.1 Å². The Kier molecular flexibility index (Phi) is 9.65. The summed E-state index contributed by atoms with van der Waals surface area (Å²) in [6.07, 6.45) is 3.37. The number of halogens is 2. The minimum atomic E-state index is -0.659. The highest BCUT2D eigenvalue weighted by Crippen LogP contribution is 2.23. The summed E-state index contributed by atoms with van der Waals surface area (Å²) in [7, 11) is 0. The van der Waals surface area contributed by atoms with Crippen LogP contribution in [0.15, 0.2) is 24.3 Å². The number of carbonyl (C=O) groups excluding carboxylic acids is 3. The van der Waals surface area contributed by atoms with Crippen LogP contribution < -0.4 is 5.32 Å². The lowest BCUT2D eigenvalue weighted by atomic mass is 10.2. The summed E-state index contributed by atoms with van der Waals surface area (Å²) in [5.74, 6) is -1.41. The van der Waals surface area contributed by atoms with E-state index in [1.807, 2.05) is 0 Å². The molecule has 8 heteroatoms. The summed E-state index contributed by atoms with van der Waals surface area (Å²) < 4.78 is 9.57. The van der Waals surface area contributed by atoms with Crippen molar-refractivity contribution in [1.82, 2.24) is 5.32 Å². The van der Waals surface area contributed by atoms with E-state index in [9.17, 15) is 14.4 Å². The molecule has 25 heavy (non-hydrogen) atoms. The van der Waals surface area contributed by atoms with Crippen LogP contribution in [-0.4, -0.2) is 37.6 Å². The van der Waals surface area contributed by atoms with Gasteiger partial charge in [0.05, 0.1) is 16.7 Å². The van der Waals surface area contributed by atoms with E-state index in [0.717, 1.165) is 0 Å². The maximum Gasteiger partial charge on any atom is 0.331 e. The third kappa shape index (κ3) is 9.12. The number of esters is 2. The number of hydrogen-bond donors (Lipinski definition) is 1. The molecule has 6 nitrogen and oxygen atoms in total. The van der Waals surface area contributed by atoms with Crippen molar-refractivity contribution in [3.63, 3.8) is 0 Å². The lowest BCUT2D eigenvalue weighted by molar-refractivity contribution is -0.143. The van der Waals surface area contributed by atoms with Crippen LogP contribution in [-0.2, 0) is 23.9 Å². The normalized spacial score (nSPS) is 10.5. The van der Waals surface area contributed by atoms with Gasteiger partial charge in [0.15, 0.2) is 6.61 Å². The van der Waals surface area contributed by atoms with Crippen LogP contribution in [0.5, 0.6) is 0 Å². The molecule has 0 unspecified atom stereocenters. The van der Waals surface area contributed by atoms with Crippen LogP contribution >= 0.6 is 23.2 Å². The molecule has 0 heterocycles. The number of benzene rings is 1. The second kappa shape index (κ2) is 11.5. The largest absolute Gasteiger partial charge is 0.466 e. The number of carbonyl (C=O) groups is 3. The van der Waals surface area contributed by atoms with Crippen molar-refractivity contribution in [2.75, 3.05) is 19.8 Å². The molecule has 1 amide bonds. The molecule has 136 valence electrons. The average Bonchev–Trinajstić information content (AvgIpc) is 2.58. The predicted octanol–water partition coefficient (Wildman–Crippen LogP) is 3.01. The standard InChI is InChI=1S/C17H19Cl2NO5/c1-2-24-16(22)4-3-9-20-15(21)11-25-17(23)8-6-12-5-7-13(18)14(19)10-12/h5-8,10H,2-4,9,11H2,1H3,(H,20,21)/b8-6+. The molecule has 0 atom stereocenters. The van der Waals surface area contributed by atoms with Crippen molar-refractivity contribution < 1.29 is 23.9 Å². The van der Waals surface area contributed by atoms with Crippen molar-refractivity contribution in [1.29, 1.82) is 0 Å². The maximum absolute atomic E-state index is 11.6. The molecular weight excluding hydrogens is 369 g/mol. The van der Waals surface area contributed by atoms with Gasteiger partial charge in [-0.25, -0.2) is 4.79 Å². The van der Waals surface area contributed by atoms with Crippen molar-refractivity contribution in [2.24, 2.45) is 0 Å². The Hall–Kier alpha value is -2.05. The fraction of sp³-hybridized carbons (Fsp3) is 0.353. The Morgan fingerprint density at radius 1 is 1.16 bits per heavy atom. The second-order valence-electron chi connectivity index (χ2n) is 4.87. The number of nitrogens with one attached hydrogen (secondary N) is 1. The van der Waals surface area contributed by atoms with Crippen LogP contribution in [0.2, 0.25) is 10.0 Å². The molecule has 0 aliphatic rings. The highest BCUT2D eigenvalue weighted by molar-refractivity contribution is 6.42. The topological polar surface area (TPSA) is 81.7 Å². The fourth-order valence-corrected chi connectivity index (χ4v) is 2.02. The highest BCUT2D eigenvalue weighted by Gasteiger charge is 2.06. The summed E-state index contributed by atoms with van der Waals surface area (Å²) in [6.45, 7) is 1.96. The fourth-order valence-electron chi connectivity index (χ4n) is 1.71. The van der Waals surface area contributed by atoms with Gasteiger partial charge in [0.2, 0.25) is 0 Å². The first-order valence-corrected chi connectivity index (χ1v) is 8.40. The third-order valence-electron chi connectivity index (χ3n) is 2.89. The van der Waals surface area contributed by atoms with Crippen LogP contribution in [0.1, 0.15) is 25.3 Å². The number of ether oxygens (including phenoxy) is 2. The van der Waals surface area contributed by atoms with Gasteiger partial charge in [-0.3, -0.25) is 9.59 Å². The number of amides is 1. The van der Waals surface area contributed by atoms with E-state index in [1.165, 1.54) is 12.2 Å². The summed E-state index contributed by atoms with van der Waals surface area (Å²) >= 11 is 11.7. The molecule has 0 bridgehead atoms. The zero-order valence-corrected chi connectivity index (χ0v) is 15.2. The molecule has 1 aromatic rings. The molecular formula is C17H19Cl2NO5.